The summed E-state index contributed by atoms with van der Waals surface area (Å²) in [5.74, 6) is 0. The summed E-state index contributed by atoms with van der Waals surface area (Å²) in [6.45, 7) is 0. The predicted octanol–water partition coefficient (Wildman–Crippen LogP) is 14.1. The average molecular weight is 668 g/mol. The monoisotopic (exact) mass is 667 g/mol. The van der Waals surface area contributed by atoms with Crippen LogP contribution in [0.2, 0.25) is 0 Å². The van der Waals surface area contributed by atoms with Crippen LogP contribution in [0.25, 0.3) is 103 Å². The minimum atomic E-state index is 0.910. The van der Waals surface area contributed by atoms with Gasteiger partial charge < -0.3 is 8.98 Å². The maximum absolute atomic E-state index is 6.47. The molecular weight excluding hydrogens is 639 g/mol. The number of benzene rings is 8. The Kier molecular flexibility index (Phi) is 6.16. The van der Waals surface area contributed by atoms with Crippen LogP contribution >= 0.6 is 11.3 Å². The van der Waals surface area contributed by atoms with Gasteiger partial charge >= 0.3 is 0 Å². The predicted molar refractivity (Wildman–Crippen MR) is 217 cm³/mol. The van der Waals surface area contributed by atoms with Crippen molar-refractivity contribution in [3.05, 3.63) is 176 Å². The third-order valence-corrected chi connectivity index (χ3v) is 11.6. The normalized spacial score (nSPS) is 11.9. The number of aromatic nitrogens is 1. The lowest BCUT2D eigenvalue weighted by Crippen LogP contribution is -1.92. The van der Waals surface area contributed by atoms with Gasteiger partial charge in [-0.3, -0.25) is 0 Å². The zero-order chi connectivity index (χ0) is 33.5. The van der Waals surface area contributed by atoms with Crippen molar-refractivity contribution in [2.45, 2.75) is 0 Å². The molecule has 0 fully saturated rings. The molecule has 3 heterocycles. The summed E-state index contributed by atoms with van der Waals surface area (Å²) in [4.78, 5) is 0. The zero-order valence-electron chi connectivity index (χ0n) is 27.5. The van der Waals surface area contributed by atoms with E-state index < -0.39 is 0 Å². The van der Waals surface area contributed by atoms with Crippen LogP contribution in [0.4, 0.5) is 0 Å². The number of para-hydroxylation sites is 3. The van der Waals surface area contributed by atoms with E-state index >= 15 is 0 Å². The summed E-state index contributed by atoms with van der Waals surface area (Å²) in [7, 11) is 0. The van der Waals surface area contributed by atoms with Crippen LogP contribution in [-0.2, 0) is 0 Å². The Labute approximate surface area is 298 Å². The van der Waals surface area contributed by atoms with E-state index in [2.05, 4.69) is 180 Å². The molecule has 51 heavy (non-hydrogen) atoms. The Morgan fingerprint density at radius 1 is 0.373 bits per heavy atom. The number of hydrogen-bond acceptors (Lipinski definition) is 2. The number of hydrogen-bond donors (Lipinski definition) is 0. The SMILES string of the molecule is c1ccc(-c2cccc3c2oc2ccc(-c4ccc5sc6ccc(-c7ccc8c(c7)c7ccccc7n8-c7ccccc7)cc6c5c4)cc23)cc1. The molecule has 0 N–H and O–H groups in total. The van der Waals surface area contributed by atoms with Crippen molar-refractivity contribution in [3.8, 4) is 39.1 Å². The van der Waals surface area contributed by atoms with Gasteiger partial charge in [0.2, 0.25) is 0 Å². The molecule has 0 spiro atoms. The Balaban J connectivity index is 1.03. The maximum atomic E-state index is 6.47. The summed E-state index contributed by atoms with van der Waals surface area (Å²) in [5.41, 5.74) is 12.6. The van der Waals surface area contributed by atoms with Gasteiger partial charge in [-0.1, -0.05) is 109 Å². The number of fused-ring (bicyclic) bond motifs is 9. The lowest BCUT2D eigenvalue weighted by molar-refractivity contribution is 0.670. The third kappa shape index (κ3) is 4.42. The van der Waals surface area contributed by atoms with Crippen molar-refractivity contribution in [3.63, 3.8) is 0 Å². The summed E-state index contributed by atoms with van der Waals surface area (Å²) in [6, 6.07) is 63.7. The van der Waals surface area contributed by atoms with E-state index in [4.69, 9.17) is 4.42 Å². The molecule has 0 unspecified atom stereocenters. The van der Waals surface area contributed by atoms with Gasteiger partial charge in [0.15, 0.2) is 0 Å². The van der Waals surface area contributed by atoms with Gasteiger partial charge in [0.05, 0.1) is 11.0 Å². The summed E-state index contributed by atoms with van der Waals surface area (Å²) in [6.07, 6.45) is 0. The number of thiophene rings is 1. The molecule has 0 aliphatic heterocycles. The van der Waals surface area contributed by atoms with E-state index in [1.165, 1.54) is 69.9 Å². The van der Waals surface area contributed by atoms with Crippen molar-refractivity contribution in [2.24, 2.45) is 0 Å². The first kappa shape index (κ1) is 28.4. The van der Waals surface area contributed by atoms with Crippen LogP contribution < -0.4 is 0 Å². The van der Waals surface area contributed by atoms with Crippen molar-refractivity contribution in [1.82, 2.24) is 4.57 Å². The van der Waals surface area contributed by atoms with E-state index in [0.717, 1.165) is 33.1 Å². The van der Waals surface area contributed by atoms with Crippen molar-refractivity contribution in [1.29, 1.82) is 0 Å². The minimum absolute atomic E-state index is 0.910. The quantitative estimate of drug-likeness (QED) is 0.183. The first-order chi connectivity index (χ1) is 25.3. The van der Waals surface area contributed by atoms with Crippen molar-refractivity contribution < 1.29 is 4.42 Å². The molecule has 0 saturated heterocycles. The Morgan fingerprint density at radius 3 is 1.69 bits per heavy atom. The maximum Gasteiger partial charge on any atom is 0.143 e. The van der Waals surface area contributed by atoms with Gasteiger partial charge in [-0.25, -0.2) is 0 Å². The molecule has 11 aromatic rings. The van der Waals surface area contributed by atoms with Gasteiger partial charge in [0.1, 0.15) is 11.2 Å². The molecule has 0 aliphatic carbocycles. The second kappa shape index (κ2) is 11.0. The highest BCUT2D eigenvalue weighted by molar-refractivity contribution is 7.25. The summed E-state index contributed by atoms with van der Waals surface area (Å²) >= 11 is 1.86. The van der Waals surface area contributed by atoms with E-state index in [-0.39, 0.29) is 0 Å². The van der Waals surface area contributed by atoms with Gasteiger partial charge in [-0.15, -0.1) is 11.3 Å². The third-order valence-electron chi connectivity index (χ3n) is 10.4. The van der Waals surface area contributed by atoms with Gasteiger partial charge in [0, 0.05) is 53.0 Å². The Hall–Kier alpha value is -6.42. The molecule has 3 aromatic heterocycles. The van der Waals surface area contributed by atoms with E-state index in [9.17, 15) is 0 Å². The number of nitrogens with zero attached hydrogens (tertiary/aromatic N) is 1. The van der Waals surface area contributed by atoms with Gasteiger partial charge in [-0.05, 0) is 94.5 Å². The highest BCUT2D eigenvalue weighted by Gasteiger charge is 2.16. The van der Waals surface area contributed by atoms with Crippen LogP contribution in [0.15, 0.2) is 180 Å². The van der Waals surface area contributed by atoms with Crippen molar-refractivity contribution in [2.75, 3.05) is 0 Å². The topological polar surface area (TPSA) is 18.1 Å². The second-order valence-corrected chi connectivity index (χ2v) is 14.4. The van der Waals surface area contributed by atoms with Crippen LogP contribution in [0, 0.1) is 0 Å². The fourth-order valence-electron chi connectivity index (χ4n) is 7.97. The lowest BCUT2D eigenvalue weighted by atomic mass is 9.98. The first-order valence-corrected chi connectivity index (χ1v) is 18.1. The number of furan rings is 1. The first-order valence-electron chi connectivity index (χ1n) is 17.3. The molecule has 0 aliphatic rings. The zero-order valence-corrected chi connectivity index (χ0v) is 28.3. The molecule has 2 nitrogen and oxygen atoms in total. The fraction of sp³-hybridized carbons (Fsp3) is 0. The molecular formula is C48H29NOS. The van der Waals surface area contributed by atoms with Crippen LogP contribution in [0.1, 0.15) is 0 Å². The molecule has 8 aromatic carbocycles. The largest absolute Gasteiger partial charge is 0.455 e. The Morgan fingerprint density at radius 2 is 0.941 bits per heavy atom. The summed E-state index contributed by atoms with van der Waals surface area (Å²) < 4.78 is 11.5. The molecule has 0 saturated carbocycles. The summed E-state index contributed by atoms with van der Waals surface area (Å²) in [5, 5.41) is 7.40. The molecule has 0 atom stereocenters. The molecule has 0 radical (unpaired) electrons. The minimum Gasteiger partial charge on any atom is -0.455 e. The van der Waals surface area contributed by atoms with E-state index in [1.54, 1.807) is 0 Å². The molecule has 0 amide bonds. The number of rotatable bonds is 4. The smallest absolute Gasteiger partial charge is 0.143 e. The fourth-order valence-corrected chi connectivity index (χ4v) is 9.03. The standard InChI is InChI=1S/C48H29NOS/c1-3-10-30(11-4-1)36-15-9-16-38-40-27-32(19-23-45(40)50-48(36)38)34-21-25-47-42(29-34)41-28-33(20-24-46(41)51-47)31-18-22-44-39(26-31)37-14-7-8-17-43(37)49(44)35-12-5-2-6-13-35/h1-29H. The van der Waals surface area contributed by atoms with Gasteiger partial charge in [-0.2, -0.15) is 0 Å². The Bertz CT molecular complexity index is 3130. The molecule has 238 valence electrons. The highest BCUT2D eigenvalue weighted by atomic mass is 32.1. The van der Waals surface area contributed by atoms with Crippen molar-refractivity contribution >= 4 is 75.3 Å². The average Bonchev–Trinajstić information content (AvgIpc) is 3.87. The van der Waals surface area contributed by atoms with E-state index in [0.29, 0.717) is 0 Å². The molecule has 3 heteroatoms. The van der Waals surface area contributed by atoms with E-state index in [1.807, 2.05) is 11.3 Å². The second-order valence-electron chi connectivity index (χ2n) is 13.3. The molecule has 11 rings (SSSR count). The van der Waals surface area contributed by atoms with Crippen LogP contribution in [-0.4, -0.2) is 4.57 Å². The van der Waals surface area contributed by atoms with Crippen LogP contribution in [0.5, 0.6) is 0 Å². The van der Waals surface area contributed by atoms with Gasteiger partial charge in [0.25, 0.3) is 0 Å². The lowest BCUT2D eigenvalue weighted by Gasteiger charge is -2.08. The van der Waals surface area contributed by atoms with Crippen LogP contribution in [0.3, 0.4) is 0 Å². The molecule has 0 bridgehead atoms. The highest BCUT2D eigenvalue weighted by Crippen LogP contribution is 2.42.